The Kier molecular flexibility index (Phi) is 4.39. The molecule has 0 aliphatic carbocycles. The minimum atomic E-state index is 0.129. The van der Waals surface area contributed by atoms with Gasteiger partial charge >= 0.3 is 0 Å². The van der Waals surface area contributed by atoms with E-state index in [0.717, 1.165) is 11.2 Å². The van der Waals surface area contributed by atoms with Crippen molar-refractivity contribution in [3.8, 4) is 21.7 Å². The number of nitrogens with zero attached hydrogens (tertiary/aromatic N) is 1. The number of aromatic nitrogens is 1. The summed E-state index contributed by atoms with van der Waals surface area (Å²) >= 11 is 1.83. The SMILES string of the molecule is Cc1cc(-c2ccc3sc(-c4ccccc4)c(C)c3n2)cc(C(C)(C)C)c1. The molecule has 27 heavy (non-hydrogen) atoms. The van der Waals surface area contributed by atoms with Crippen LogP contribution >= 0.6 is 11.3 Å². The number of hydrogen-bond acceptors (Lipinski definition) is 2. The molecule has 0 fully saturated rings. The molecule has 0 saturated heterocycles. The van der Waals surface area contributed by atoms with Gasteiger partial charge in [-0.25, -0.2) is 4.98 Å². The number of thiophene rings is 1. The molecule has 2 aromatic heterocycles. The highest BCUT2D eigenvalue weighted by Crippen LogP contribution is 2.38. The first-order valence-electron chi connectivity index (χ1n) is 9.41. The Hall–Kier alpha value is -2.45. The van der Waals surface area contributed by atoms with E-state index in [0.29, 0.717) is 0 Å². The summed E-state index contributed by atoms with van der Waals surface area (Å²) in [5.74, 6) is 0. The van der Waals surface area contributed by atoms with Gasteiger partial charge in [-0.3, -0.25) is 0 Å². The number of aryl methyl sites for hydroxylation is 2. The van der Waals surface area contributed by atoms with Crippen molar-refractivity contribution in [3.63, 3.8) is 0 Å². The van der Waals surface area contributed by atoms with Crippen LogP contribution in [-0.2, 0) is 5.41 Å². The summed E-state index contributed by atoms with van der Waals surface area (Å²) in [6.45, 7) is 11.1. The van der Waals surface area contributed by atoms with Crippen LogP contribution in [0, 0.1) is 13.8 Å². The van der Waals surface area contributed by atoms with E-state index in [9.17, 15) is 0 Å². The molecular formula is C25H25NS. The molecule has 4 aromatic rings. The van der Waals surface area contributed by atoms with Gasteiger partial charge in [0.05, 0.1) is 15.9 Å². The molecule has 2 heterocycles. The number of pyridine rings is 1. The fourth-order valence-corrected chi connectivity index (χ4v) is 4.64. The lowest BCUT2D eigenvalue weighted by Gasteiger charge is -2.20. The molecule has 0 aliphatic rings. The van der Waals surface area contributed by atoms with E-state index in [1.165, 1.54) is 37.4 Å². The van der Waals surface area contributed by atoms with E-state index in [1.807, 2.05) is 11.3 Å². The summed E-state index contributed by atoms with van der Waals surface area (Å²) in [4.78, 5) is 6.38. The van der Waals surface area contributed by atoms with Gasteiger partial charge in [0, 0.05) is 10.4 Å². The molecule has 0 bridgehead atoms. The third-order valence-electron chi connectivity index (χ3n) is 5.04. The third-order valence-corrected chi connectivity index (χ3v) is 6.34. The van der Waals surface area contributed by atoms with Gasteiger partial charge < -0.3 is 0 Å². The molecule has 136 valence electrons. The average molecular weight is 372 g/mol. The van der Waals surface area contributed by atoms with Gasteiger partial charge in [-0.2, -0.15) is 0 Å². The van der Waals surface area contributed by atoms with Gasteiger partial charge in [-0.15, -0.1) is 11.3 Å². The highest BCUT2D eigenvalue weighted by Gasteiger charge is 2.17. The van der Waals surface area contributed by atoms with Crippen molar-refractivity contribution >= 4 is 21.6 Å². The predicted molar refractivity (Wildman–Crippen MR) is 119 cm³/mol. The highest BCUT2D eigenvalue weighted by molar-refractivity contribution is 7.22. The van der Waals surface area contributed by atoms with Crippen LogP contribution < -0.4 is 0 Å². The Morgan fingerprint density at radius 1 is 0.815 bits per heavy atom. The van der Waals surface area contributed by atoms with Gasteiger partial charge in [-0.1, -0.05) is 62.7 Å². The van der Waals surface area contributed by atoms with Crippen molar-refractivity contribution in [2.45, 2.75) is 40.0 Å². The lowest BCUT2D eigenvalue weighted by Crippen LogP contribution is -2.11. The molecule has 0 unspecified atom stereocenters. The summed E-state index contributed by atoms with van der Waals surface area (Å²) in [6, 6.07) is 21.8. The van der Waals surface area contributed by atoms with E-state index < -0.39 is 0 Å². The number of rotatable bonds is 2. The molecule has 1 nitrogen and oxygen atoms in total. The van der Waals surface area contributed by atoms with Crippen molar-refractivity contribution in [2.75, 3.05) is 0 Å². The van der Waals surface area contributed by atoms with Crippen LogP contribution in [0.15, 0.2) is 60.7 Å². The average Bonchev–Trinajstić information content (AvgIpc) is 2.97. The standard InChI is InChI=1S/C25H25NS/c1-16-13-19(15-20(14-16)25(3,4)5)21-11-12-22-23(26-21)17(2)24(27-22)18-9-7-6-8-10-18/h6-15H,1-5H3. The predicted octanol–water partition coefficient (Wildman–Crippen LogP) is 7.54. The monoisotopic (exact) mass is 371 g/mol. The summed E-state index contributed by atoms with van der Waals surface area (Å²) in [7, 11) is 0. The second-order valence-electron chi connectivity index (χ2n) is 8.30. The number of benzene rings is 2. The quantitative estimate of drug-likeness (QED) is 0.354. The van der Waals surface area contributed by atoms with Crippen molar-refractivity contribution in [2.24, 2.45) is 0 Å². The zero-order chi connectivity index (χ0) is 19.2. The Bertz CT molecular complexity index is 1110. The van der Waals surface area contributed by atoms with Crippen LogP contribution in [-0.4, -0.2) is 4.98 Å². The van der Waals surface area contributed by atoms with E-state index in [2.05, 4.69) is 95.3 Å². The lowest BCUT2D eigenvalue weighted by molar-refractivity contribution is 0.590. The first-order valence-corrected chi connectivity index (χ1v) is 10.2. The van der Waals surface area contributed by atoms with E-state index in [1.54, 1.807) is 0 Å². The van der Waals surface area contributed by atoms with Crippen LogP contribution in [0.4, 0.5) is 0 Å². The molecule has 0 N–H and O–H groups in total. The molecule has 0 saturated carbocycles. The topological polar surface area (TPSA) is 12.9 Å². The van der Waals surface area contributed by atoms with Crippen LogP contribution in [0.2, 0.25) is 0 Å². The molecule has 0 radical (unpaired) electrons. The summed E-state index contributed by atoms with van der Waals surface area (Å²) in [5, 5.41) is 0. The molecular weight excluding hydrogens is 346 g/mol. The smallest absolute Gasteiger partial charge is 0.0852 e. The van der Waals surface area contributed by atoms with Gasteiger partial charge in [-0.05, 0) is 60.2 Å². The molecule has 0 spiro atoms. The third kappa shape index (κ3) is 3.42. The number of fused-ring (bicyclic) bond motifs is 1. The molecule has 4 rings (SSSR count). The molecule has 2 heteroatoms. The van der Waals surface area contributed by atoms with Crippen molar-refractivity contribution in [1.82, 2.24) is 4.98 Å². The zero-order valence-corrected chi connectivity index (χ0v) is 17.4. The van der Waals surface area contributed by atoms with Crippen LogP contribution in [0.25, 0.3) is 31.9 Å². The first-order chi connectivity index (χ1) is 12.8. The largest absolute Gasteiger partial charge is 0.247 e. The molecule has 2 aromatic carbocycles. The molecule has 0 aliphatic heterocycles. The Balaban J connectivity index is 1.85. The van der Waals surface area contributed by atoms with Crippen LogP contribution in [0.5, 0.6) is 0 Å². The Morgan fingerprint density at radius 3 is 2.26 bits per heavy atom. The first kappa shape index (κ1) is 17.9. The van der Waals surface area contributed by atoms with Crippen molar-refractivity contribution < 1.29 is 0 Å². The fraction of sp³-hybridized carbons (Fsp3) is 0.240. The fourth-order valence-electron chi connectivity index (χ4n) is 3.48. The summed E-state index contributed by atoms with van der Waals surface area (Å²) < 4.78 is 1.25. The maximum Gasteiger partial charge on any atom is 0.0852 e. The number of hydrogen-bond donors (Lipinski definition) is 0. The Morgan fingerprint density at radius 2 is 1.56 bits per heavy atom. The molecule has 0 amide bonds. The van der Waals surface area contributed by atoms with E-state index in [4.69, 9.17) is 4.98 Å². The van der Waals surface area contributed by atoms with Gasteiger partial charge in [0.25, 0.3) is 0 Å². The van der Waals surface area contributed by atoms with E-state index >= 15 is 0 Å². The van der Waals surface area contributed by atoms with Crippen molar-refractivity contribution in [3.05, 3.63) is 77.4 Å². The zero-order valence-electron chi connectivity index (χ0n) is 16.6. The second-order valence-corrected chi connectivity index (χ2v) is 9.36. The highest BCUT2D eigenvalue weighted by atomic mass is 32.1. The maximum atomic E-state index is 5.07. The molecule has 0 atom stereocenters. The minimum Gasteiger partial charge on any atom is -0.247 e. The van der Waals surface area contributed by atoms with Crippen LogP contribution in [0.1, 0.15) is 37.5 Å². The lowest BCUT2D eigenvalue weighted by atomic mass is 9.85. The van der Waals surface area contributed by atoms with Gasteiger partial charge in [0.1, 0.15) is 0 Å². The van der Waals surface area contributed by atoms with Crippen molar-refractivity contribution in [1.29, 1.82) is 0 Å². The summed E-state index contributed by atoms with van der Waals surface area (Å²) in [6.07, 6.45) is 0. The maximum absolute atomic E-state index is 5.07. The van der Waals surface area contributed by atoms with E-state index in [-0.39, 0.29) is 5.41 Å². The van der Waals surface area contributed by atoms with Gasteiger partial charge in [0.15, 0.2) is 0 Å². The second kappa shape index (κ2) is 6.61. The van der Waals surface area contributed by atoms with Crippen LogP contribution in [0.3, 0.4) is 0 Å². The summed E-state index contributed by atoms with van der Waals surface area (Å²) in [5.41, 5.74) is 8.68. The Labute approximate surface area is 165 Å². The normalized spacial score (nSPS) is 11.9. The van der Waals surface area contributed by atoms with Gasteiger partial charge in [0.2, 0.25) is 0 Å². The minimum absolute atomic E-state index is 0.129.